The Kier molecular flexibility index (Phi) is 5.06. The highest BCUT2D eigenvalue weighted by atomic mass is 32.2. The van der Waals surface area contributed by atoms with Crippen molar-refractivity contribution in [1.29, 1.82) is 0 Å². The van der Waals surface area contributed by atoms with E-state index in [1.807, 2.05) is 18.2 Å². The molecule has 7 nitrogen and oxygen atoms in total. The first-order valence-corrected chi connectivity index (χ1v) is 9.75. The predicted octanol–water partition coefficient (Wildman–Crippen LogP) is 2.62. The van der Waals surface area contributed by atoms with Crippen molar-refractivity contribution in [3.05, 3.63) is 60.4 Å². The van der Waals surface area contributed by atoms with Crippen LogP contribution in [0.3, 0.4) is 0 Å². The fraction of sp³-hybridized carbons (Fsp3) is 0.222. The Morgan fingerprint density at radius 1 is 1.12 bits per heavy atom. The Morgan fingerprint density at radius 3 is 2.42 bits per heavy atom. The van der Waals surface area contributed by atoms with Crippen molar-refractivity contribution in [3.8, 4) is 0 Å². The topological polar surface area (TPSA) is 83.8 Å². The maximum atomic E-state index is 12.5. The second-order valence-electron chi connectivity index (χ2n) is 5.67. The molecule has 0 radical (unpaired) electrons. The normalized spacial score (nSPS) is 11.8. The average molecular weight is 372 g/mol. The summed E-state index contributed by atoms with van der Waals surface area (Å²) in [6.45, 7) is 4.41. The number of sulfonamides is 1. The first-order chi connectivity index (χ1) is 12.5. The average Bonchev–Trinajstić information content (AvgIpc) is 3.07. The number of hydrogen-bond donors (Lipinski definition) is 1. The van der Waals surface area contributed by atoms with Crippen molar-refractivity contribution in [1.82, 2.24) is 13.9 Å². The van der Waals surface area contributed by atoms with Crippen molar-refractivity contribution < 1.29 is 13.2 Å². The van der Waals surface area contributed by atoms with Crippen molar-refractivity contribution in [3.63, 3.8) is 0 Å². The summed E-state index contributed by atoms with van der Waals surface area (Å²) in [6.07, 6.45) is 1.76. The van der Waals surface area contributed by atoms with Crippen LogP contribution in [-0.4, -0.2) is 41.3 Å². The van der Waals surface area contributed by atoms with Gasteiger partial charge < -0.3 is 5.32 Å². The zero-order chi connectivity index (χ0) is 18.7. The number of aromatic nitrogens is 2. The van der Waals surface area contributed by atoms with Gasteiger partial charge in [0, 0.05) is 25.0 Å². The maximum absolute atomic E-state index is 12.5. The Labute approximate surface area is 152 Å². The van der Waals surface area contributed by atoms with Gasteiger partial charge in [-0.1, -0.05) is 19.9 Å². The fourth-order valence-electron chi connectivity index (χ4n) is 2.67. The molecule has 8 heteroatoms. The Bertz CT molecular complexity index is 989. The highest BCUT2D eigenvalue weighted by Crippen LogP contribution is 2.19. The summed E-state index contributed by atoms with van der Waals surface area (Å²) < 4.78 is 28.0. The number of hydrogen-bond acceptors (Lipinski definition) is 4. The van der Waals surface area contributed by atoms with E-state index in [0.717, 1.165) is 5.52 Å². The van der Waals surface area contributed by atoms with Crippen LogP contribution in [0.5, 0.6) is 0 Å². The molecule has 1 amide bonds. The highest BCUT2D eigenvalue weighted by molar-refractivity contribution is 7.89. The molecule has 0 saturated heterocycles. The molecular weight excluding hydrogens is 352 g/mol. The third kappa shape index (κ3) is 3.47. The van der Waals surface area contributed by atoms with E-state index in [-0.39, 0.29) is 16.5 Å². The zero-order valence-corrected chi connectivity index (χ0v) is 15.4. The van der Waals surface area contributed by atoms with E-state index in [1.165, 1.54) is 16.4 Å². The molecule has 2 aromatic heterocycles. The molecule has 0 saturated carbocycles. The largest absolute Gasteiger partial charge is 0.321 e. The number of benzene rings is 1. The molecule has 1 aromatic carbocycles. The molecule has 0 bridgehead atoms. The molecule has 3 aromatic rings. The smallest absolute Gasteiger partial charge is 0.276 e. The van der Waals surface area contributed by atoms with Crippen molar-refractivity contribution in [2.24, 2.45) is 0 Å². The van der Waals surface area contributed by atoms with Crippen molar-refractivity contribution in [2.75, 3.05) is 18.4 Å². The van der Waals surface area contributed by atoms with Gasteiger partial charge in [0.25, 0.3) is 5.91 Å². The Balaban J connectivity index is 1.77. The molecule has 0 spiro atoms. The third-order valence-corrected chi connectivity index (χ3v) is 6.12. The summed E-state index contributed by atoms with van der Waals surface area (Å²) in [5.74, 6) is -0.354. The third-order valence-electron chi connectivity index (χ3n) is 4.06. The number of nitrogens with zero attached hydrogens (tertiary/aromatic N) is 3. The number of carbonyl (C=O) groups excluding carboxylic acids is 1. The lowest BCUT2D eigenvalue weighted by molar-refractivity contribution is 0.102. The molecule has 2 heterocycles. The molecular formula is C18H20N4O3S. The van der Waals surface area contributed by atoms with Crippen molar-refractivity contribution >= 4 is 27.1 Å². The quantitative estimate of drug-likeness (QED) is 0.721. The van der Waals surface area contributed by atoms with E-state index in [9.17, 15) is 13.2 Å². The second kappa shape index (κ2) is 7.27. The van der Waals surface area contributed by atoms with Crippen LogP contribution in [0.1, 0.15) is 24.3 Å². The zero-order valence-electron chi connectivity index (χ0n) is 14.6. The van der Waals surface area contributed by atoms with Crippen LogP contribution in [-0.2, 0) is 10.0 Å². The second-order valence-corrected chi connectivity index (χ2v) is 7.61. The molecule has 26 heavy (non-hydrogen) atoms. The van der Waals surface area contributed by atoms with Crippen LogP contribution < -0.4 is 5.32 Å². The monoisotopic (exact) mass is 372 g/mol. The van der Waals surface area contributed by atoms with Gasteiger partial charge in [0.1, 0.15) is 0 Å². The number of fused-ring (bicyclic) bond motifs is 1. The molecule has 0 aliphatic rings. The summed E-state index contributed by atoms with van der Waals surface area (Å²) in [4.78, 5) is 12.6. The summed E-state index contributed by atoms with van der Waals surface area (Å²) in [5, 5.41) is 6.94. The van der Waals surface area contributed by atoms with Crippen LogP contribution in [0, 0.1) is 0 Å². The molecule has 0 aliphatic carbocycles. The molecule has 0 unspecified atom stereocenters. The van der Waals surface area contributed by atoms with Gasteiger partial charge in [0.15, 0.2) is 5.69 Å². The summed E-state index contributed by atoms with van der Waals surface area (Å²) in [6, 6.07) is 13.4. The standard InChI is InChI=1S/C18H20N4O3S/c1-3-21(4-2)26(24,25)16-10-8-14(9-11-16)19-18(23)17-13-15-7-5-6-12-22(15)20-17/h5-13H,3-4H2,1-2H3,(H,19,23). The maximum Gasteiger partial charge on any atom is 0.276 e. The number of rotatable bonds is 6. The fourth-order valence-corrected chi connectivity index (χ4v) is 4.13. The minimum absolute atomic E-state index is 0.201. The lowest BCUT2D eigenvalue weighted by Gasteiger charge is -2.18. The molecule has 0 fully saturated rings. The number of carbonyl (C=O) groups is 1. The lowest BCUT2D eigenvalue weighted by Crippen LogP contribution is -2.30. The van der Waals surface area contributed by atoms with E-state index in [2.05, 4.69) is 10.4 Å². The van der Waals surface area contributed by atoms with Crippen LogP contribution in [0.4, 0.5) is 5.69 Å². The lowest BCUT2D eigenvalue weighted by atomic mass is 10.3. The van der Waals surface area contributed by atoms with Crippen LogP contribution >= 0.6 is 0 Å². The van der Waals surface area contributed by atoms with E-state index >= 15 is 0 Å². The van der Waals surface area contributed by atoms with Gasteiger partial charge in [-0.3, -0.25) is 4.79 Å². The number of amides is 1. The van der Waals surface area contributed by atoms with Crippen LogP contribution in [0.25, 0.3) is 5.52 Å². The van der Waals surface area contributed by atoms with Gasteiger partial charge in [0.2, 0.25) is 10.0 Å². The highest BCUT2D eigenvalue weighted by Gasteiger charge is 2.21. The van der Waals surface area contributed by atoms with Crippen LogP contribution in [0.15, 0.2) is 59.6 Å². The summed E-state index contributed by atoms with van der Waals surface area (Å²) >= 11 is 0. The minimum Gasteiger partial charge on any atom is -0.321 e. The number of nitrogens with one attached hydrogen (secondary N) is 1. The van der Waals surface area contributed by atoms with E-state index in [0.29, 0.717) is 18.8 Å². The SMILES string of the molecule is CCN(CC)S(=O)(=O)c1ccc(NC(=O)c2cc3ccccn3n2)cc1. The predicted molar refractivity (Wildman–Crippen MR) is 99.7 cm³/mol. The van der Waals surface area contributed by atoms with E-state index in [4.69, 9.17) is 0 Å². The first-order valence-electron chi connectivity index (χ1n) is 8.31. The van der Waals surface area contributed by atoms with Gasteiger partial charge in [-0.2, -0.15) is 9.40 Å². The minimum atomic E-state index is -3.51. The molecule has 136 valence electrons. The van der Waals surface area contributed by atoms with Gasteiger partial charge in [0.05, 0.1) is 10.4 Å². The molecule has 3 rings (SSSR count). The Hall–Kier alpha value is -2.71. The molecule has 0 atom stereocenters. The van der Waals surface area contributed by atoms with Gasteiger partial charge in [-0.05, 0) is 42.5 Å². The number of anilines is 1. The summed E-state index contributed by atoms with van der Waals surface area (Å²) in [7, 11) is -3.51. The van der Waals surface area contributed by atoms with Crippen molar-refractivity contribution in [2.45, 2.75) is 18.7 Å². The first kappa shape index (κ1) is 18.1. The van der Waals surface area contributed by atoms with Crippen LogP contribution in [0.2, 0.25) is 0 Å². The van der Waals surface area contributed by atoms with E-state index in [1.54, 1.807) is 42.8 Å². The summed E-state index contributed by atoms with van der Waals surface area (Å²) in [5.41, 5.74) is 1.61. The van der Waals surface area contributed by atoms with Gasteiger partial charge >= 0.3 is 0 Å². The molecule has 0 aliphatic heterocycles. The van der Waals surface area contributed by atoms with E-state index < -0.39 is 10.0 Å². The van der Waals surface area contributed by atoms with Gasteiger partial charge in [-0.15, -0.1) is 0 Å². The molecule has 1 N–H and O–H groups in total. The number of pyridine rings is 1. The van der Waals surface area contributed by atoms with Gasteiger partial charge in [-0.25, -0.2) is 12.9 Å². The Morgan fingerprint density at radius 2 is 1.81 bits per heavy atom.